The lowest BCUT2D eigenvalue weighted by Gasteiger charge is -2.38. The van der Waals surface area contributed by atoms with Crippen LogP contribution in [0.1, 0.15) is 35.5 Å². The van der Waals surface area contributed by atoms with Crippen LogP contribution in [-0.4, -0.2) is 53.2 Å². The number of hydrogen-bond acceptors (Lipinski definition) is 5. The van der Waals surface area contributed by atoms with Gasteiger partial charge in [-0.15, -0.1) is 11.3 Å². The van der Waals surface area contributed by atoms with Crippen molar-refractivity contribution in [3.8, 4) is 0 Å². The highest BCUT2D eigenvalue weighted by Crippen LogP contribution is 2.38. The van der Waals surface area contributed by atoms with Crippen molar-refractivity contribution in [2.24, 2.45) is 0 Å². The summed E-state index contributed by atoms with van der Waals surface area (Å²) in [4.78, 5) is 9.61. The monoisotopic (exact) mass is 371 g/mol. The normalized spacial score (nSPS) is 23.1. The summed E-state index contributed by atoms with van der Waals surface area (Å²) in [5, 5.41) is 3.36. The molecule has 2 aliphatic rings. The first kappa shape index (κ1) is 18.1. The van der Waals surface area contributed by atoms with Crippen molar-refractivity contribution in [1.29, 1.82) is 0 Å². The van der Waals surface area contributed by atoms with Crippen LogP contribution in [-0.2, 0) is 17.8 Å². The number of likely N-dealkylation sites (N-methyl/N-ethyl adjacent to an activating group) is 1. The lowest BCUT2D eigenvalue weighted by molar-refractivity contribution is -0.0454. The quantitative estimate of drug-likeness (QED) is 0.801. The minimum Gasteiger partial charge on any atom is -0.373 e. The average Bonchev–Trinajstić information content (AvgIpc) is 3.25. The topological polar surface area (TPSA) is 28.6 Å². The van der Waals surface area contributed by atoms with Gasteiger partial charge in [0, 0.05) is 37.6 Å². The fourth-order valence-corrected chi connectivity index (χ4v) is 4.88. The maximum absolute atomic E-state index is 6.37. The molecule has 0 unspecified atom stereocenters. The molecule has 5 heteroatoms. The third-order valence-corrected chi connectivity index (χ3v) is 6.73. The molecular weight excluding hydrogens is 342 g/mol. The van der Waals surface area contributed by atoms with Crippen LogP contribution in [0.25, 0.3) is 0 Å². The van der Waals surface area contributed by atoms with E-state index < -0.39 is 0 Å². The maximum Gasteiger partial charge on any atom is 0.0897 e. The molecule has 4 rings (SSSR count). The highest BCUT2D eigenvalue weighted by atomic mass is 32.1. The van der Waals surface area contributed by atoms with E-state index in [1.54, 1.807) is 11.3 Å². The van der Waals surface area contributed by atoms with Crippen molar-refractivity contribution in [3.05, 3.63) is 52.0 Å². The molecule has 26 heavy (non-hydrogen) atoms. The van der Waals surface area contributed by atoms with Crippen LogP contribution in [0, 0.1) is 6.92 Å². The van der Waals surface area contributed by atoms with Gasteiger partial charge in [0.25, 0.3) is 0 Å². The van der Waals surface area contributed by atoms with Gasteiger partial charge in [-0.1, -0.05) is 30.3 Å². The second kappa shape index (κ2) is 7.77. The van der Waals surface area contributed by atoms with Crippen LogP contribution in [0.4, 0.5) is 0 Å². The third-order valence-electron chi connectivity index (χ3n) is 5.91. The molecule has 3 heterocycles. The molecule has 0 aliphatic carbocycles. The number of aromatic nitrogens is 1. The molecule has 140 valence electrons. The number of rotatable bonds is 5. The number of hydrogen-bond donors (Lipinski definition) is 0. The number of piperidine rings is 1. The molecule has 0 amide bonds. The second-order valence-corrected chi connectivity index (χ2v) is 8.95. The van der Waals surface area contributed by atoms with E-state index in [4.69, 9.17) is 4.74 Å². The Labute approximate surface area is 160 Å². The Bertz CT molecular complexity index is 709. The van der Waals surface area contributed by atoms with Crippen molar-refractivity contribution in [2.45, 2.75) is 50.9 Å². The SMILES string of the molecule is Cc1nc(CN2CCC3(CC2)C[C@H](N(C)Cc2ccccc2)CO3)cs1. The van der Waals surface area contributed by atoms with Crippen molar-refractivity contribution < 1.29 is 4.74 Å². The zero-order chi connectivity index (χ0) is 18.0. The van der Waals surface area contributed by atoms with Gasteiger partial charge in [-0.25, -0.2) is 4.98 Å². The van der Waals surface area contributed by atoms with Crippen molar-refractivity contribution in [2.75, 3.05) is 26.7 Å². The first-order valence-corrected chi connectivity index (χ1v) is 10.5. The predicted octanol–water partition coefficient (Wildman–Crippen LogP) is 3.71. The summed E-state index contributed by atoms with van der Waals surface area (Å²) in [6.07, 6.45) is 3.46. The molecule has 1 aromatic heterocycles. The largest absolute Gasteiger partial charge is 0.373 e. The fraction of sp³-hybridized carbons (Fsp3) is 0.571. The average molecular weight is 372 g/mol. The summed E-state index contributed by atoms with van der Waals surface area (Å²) in [6, 6.07) is 11.3. The lowest BCUT2D eigenvalue weighted by Crippen LogP contribution is -2.44. The molecule has 1 spiro atoms. The van der Waals surface area contributed by atoms with Gasteiger partial charge in [-0.3, -0.25) is 9.80 Å². The molecule has 0 saturated carbocycles. The van der Waals surface area contributed by atoms with Crippen LogP contribution in [0.2, 0.25) is 0 Å². The Morgan fingerprint density at radius 3 is 2.73 bits per heavy atom. The van der Waals surface area contributed by atoms with Gasteiger partial charge in [-0.05, 0) is 38.8 Å². The van der Waals surface area contributed by atoms with E-state index in [9.17, 15) is 0 Å². The highest BCUT2D eigenvalue weighted by Gasteiger charge is 2.43. The fourth-order valence-electron chi connectivity index (χ4n) is 4.28. The maximum atomic E-state index is 6.37. The summed E-state index contributed by atoms with van der Waals surface area (Å²) in [7, 11) is 2.24. The van der Waals surface area contributed by atoms with Crippen LogP contribution >= 0.6 is 11.3 Å². The molecule has 1 aromatic carbocycles. The van der Waals surface area contributed by atoms with Crippen molar-refractivity contribution in [3.63, 3.8) is 0 Å². The van der Waals surface area contributed by atoms with E-state index in [0.29, 0.717) is 6.04 Å². The summed E-state index contributed by atoms with van der Waals surface area (Å²) in [5.41, 5.74) is 2.70. The standard InChI is InChI=1S/C21H29N3OS/c1-17-22-19(16-26-17)14-24-10-8-21(9-11-24)12-20(15-25-21)23(2)13-18-6-4-3-5-7-18/h3-7,16,20H,8-15H2,1-2H3/t20-/m0/s1. The number of ether oxygens (including phenoxy) is 1. The summed E-state index contributed by atoms with van der Waals surface area (Å²) in [6.45, 7) is 7.17. The van der Waals surface area contributed by atoms with Gasteiger partial charge in [0.05, 0.1) is 22.9 Å². The molecular formula is C21H29N3OS. The molecule has 0 bridgehead atoms. The van der Waals surface area contributed by atoms with Gasteiger partial charge in [0.2, 0.25) is 0 Å². The van der Waals surface area contributed by atoms with E-state index in [2.05, 4.69) is 64.5 Å². The zero-order valence-electron chi connectivity index (χ0n) is 15.9. The summed E-state index contributed by atoms with van der Waals surface area (Å²) in [5.74, 6) is 0. The Balaban J connectivity index is 1.28. The predicted molar refractivity (Wildman–Crippen MR) is 106 cm³/mol. The zero-order valence-corrected chi connectivity index (χ0v) is 16.7. The van der Waals surface area contributed by atoms with E-state index in [-0.39, 0.29) is 5.60 Å². The minimum absolute atomic E-state index is 0.101. The molecule has 0 N–H and O–H groups in total. The molecule has 2 saturated heterocycles. The first-order valence-electron chi connectivity index (χ1n) is 9.63. The molecule has 2 fully saturated rings. The number of aryl methyl sites for hydroxylation is 1. The van der Waals surface area contributed by atoms with Crippen molar-refractivity contribution >= 4 is 11.3 Å². The molecule has 4 nitrogen and oxygen atoms in total. The Morgan fingerprint density at radius 2 is 2.04 bits per heavy atom. The second-order valence-electron chi connectivity index (χ2n) is 7.89. The number of benzene rings is 1. The van der Waals surface area contributed by atoms with E-state index in [0.717, 1.165) is 50.6 Å². The van der Waals surface area contributed by atoms with Crippen LogP contribution < -0.4 is 0 Å². The summed E-state index contributed by atoms with van der Waals surface area (Å²) >= 11 is 1.75. The van der Waals surface area contributed by atoms with E-state index >= 15 is 0 Å². The Morgan fingerprint density at radius 1 is 1.27 bits per heavy atom. The van der Waals surface area contributed by atoms with Gasteiger partial charge < -0.3 is 4.74 Å². The van der Waals surface area contributed by atoms with Crippen LogP contribution in [0.3, 0.4) is 0 Å². The van der Waals surface area contributed by atoms with Crippen LogP contribution in [0.5, 0.6) is 0 Å². The Hall–Kier alpha value is -1.27. The van der Waals surface area contributed by atoms with Gasteiger partial charge in [-0.2, -0.15) is 0 Å². The lowest BCUT2D eigenvalue weighted by atomic mass is 9.87. The minimum atomic E-state index is 0.101. The van der Waals surface area contributed by atoms with E-state index in [1.807, 2.05) is 0 Å². The summed E-state index contributed by atoms with van der Waals surface area (Å²) < 4.78 is 6.37. The van der Waals surface area contributed by atoms with Gasteiger partial charge >= 0.3 is 0 Å². The molecule has 1 atom stereocenters. The molecule has 2 aliphatic heterocycles. The number of thiazole rings is 1. The van der Waals surface area contributed by atoms with E-state index in [1.165, 1.54) is 17.7 Å². The Kier molecular flexibility index (Phi) is 5.41. The third kappa shape index (κ3) is 4.17. The van der Waals surface area contributed by atoms with Crippen LogP contribution in [0.15, 0.2) is 35.7 Å². The molecule has 0 radical (unpaired) electrons. The smallest absolute Gasteiger partial charge is 0.0897 e. The first-order chi connectivity index (χ1) is 12.6. The van der Waals surface area contributed by atoms with Gasteiger partial charge in [0.15, 0.2) is 0 Å². The highest BCUT2D eigenvalue weighted by molar-refractivity contribution is 7.09. The van der Waals surface area contributed by atoms with Crippen molar-refractivity contribution in [1.82, 2.24) is 14.8 Å². The molecule has 2 aromatic rings. The number of nitrogens with zero attached hydrogens (tertiary/aromatic N) is 3. The van der Waals surface area contributed by atoms with Gasteiger partial charge in [0.1, 0.15) is 0 Å². The number of likely N-dealkylation sites (tertiary alicyclic amines) is 1.